The molecule has 1 unspecified atom stereocenters. The molecule has 33 heavy (non-hydrogen) atoms. The van der Waals surface area contributed by atoms with E-state index in [1.54, 1.807) is 45.0 Å². The van der Waals surface area contributed by atoms with Crippen LogP contribution in [0.25, 0.3) is 0 Å². The quantitative estimate of drug-likeness (QED) is 0.490. The van der Waals surface area contributed by atoms with Gasteiger partial charge in [0, 0.05) is 7.05 Å². The number of amides is 1. The standard InChI is InChI=1S/C24H27ClF3NO4/c1-22(2,3)23(20(30)31,29(4)21(32)33-15-17-8-6-5-7-9-17)13-12-16-10-11-18(19(25)14-16)24(26,27)28/h5-11,14H,12-13,15H2,1-4H3,(H,30,31). The van der Waals surface area contributed by atoms with E-state index in [9.17, 15) is 27.9 Å². The Morgan fingerprint density at radius 2 is 1.64 bits per heavy atom. The minimum absolute atomic E-state index is 0.0294. The molecule has 2 rings (SSSR count). The van der Waals surface area contributed by atoms with Crippen LogP contribution in [0.1, 0.15) is 43.9 Å². The normalized spacial score (nSPS) is 13.8. The van der Waals surface area contributed by atoms with Crippen LogP contribution in [-0.4, -0.2) is 34.7 Å². The largest absolute Gasteiger partial charge is 0.479 e. The Balaban J connectivity index is 2.29. The molecule has 5 nitrogen and oxygen atoms in total. The number of carbonyl (C=O) groups is 2. The van der Waals surface area contributed by atoms with Gasteiger partial charge in [0.2, 0.25) is 0 Å². The number of aliphatic carboxylic acids is 1. The van der Waals surface area contributed by atoms with Crippen molar-refractivity contribution in [2.45, 2.75) is 51.9 Å². The molecule has 1 atom stereocenters. The second-order valence-corrected chi connectivity index (χ2v) is 9.23. The minimum atomic E-state index is -4.59. The smallest absolute Gasteiger partial charge is 0.417 e. The maximum atomic E-state index is 13.0. The van der Waals surface area contributed by atoms with Crippen molar-refractivity contribution in [1.29, 1.82) is 0 Å². The van der Waals surface area contributed by atoms with E-state index in [-0.39, 0.29) is 19.4 Å². The zero-order valence-electron chi connectivity index (χ0n) is 18.9. The number of carboxylic acids is 1. The number of carbonyl (C=O) groups excluding carboxylic acids is 1. The number of nitrogens with zero attached hydrogens (tertiary/aromatic N) is 1. The van der Waals surface area contributed by atoms with Crippen molar-refractivity contribution in [1.82, 2.24) is 4.90 Å². The van der Waals surface area contributed by atoms with Crippen molar-refractivity contribution in [2.24, 2.45) is 5.41 Å². The Morgan fingerprint density at radius 1 is 1.03 bits per heavy atom. The first-order valence-corrected chi connectivity index (χ1v) is 10.6. The summed E-state index contributed by atoms with van der Waals surface area (Å²) in [7, 11) is 1.35. The van der Waals surface area contributed by atoms with Gasteiger partial charge in [-0.1, -0.05) is 68.8 Å². The second-order valence-electron chi connectivity index (χ2n) is 8.83. The summed E-state index contributed by atoms with van der Waals surface area (Å²) in [5.74, 6) is -1.24. The molecule has 0 saturated carbocycles. The summed E-state index contributed by atoms with van der Waals surface area (Å²) in [6.45, 7) is 5.02. The Bertz CT molecular complexity index is 989. The number of hydrogen-bond donors (Lipinski definition) is 1. The Kier molecular flexibility index (Phi) is 8.06. The van der Waals surface area contributed by atoms with Crippen LogP contribution < -0.4 is 0 Å². The molecule has 9 heteroatoms. The highest BCUT2D eigenvalue weighted by atomic mass is 35.5. The van der Waals surface area contributed by atoms with Crippen molar-refractivity contribution >= 4 is 23.7 Å². The molecule has 0 aliphatic carbocycles. The third-order valence-electron chi connectivity index (χ3n) is 5.76. The van der Waals surface area contributed by atoms with Crippen LogP contribution in [0.3, 0.4) is 0 Å². The molecule has 0 heterocycles. The van der Waals surface area contributed by atoms with E-state index in [4.69, 9.17) is 16.3 Å². The van der Waals surface area contributed by atoms with Gasteiger partial charge < -0.3 is 9.84 Å². The first-order chi connectivity index (χ1) is 15.2. The molecule has 2 aromatic rings. The summed E-state index contributed by atoms with van der Waals surface area (Å²) in [6.07, 6.45) is -5.39. The molecule has 180 valence electrons. The van der Waals surface area contributed by atoms with Crippen LogP contribution in [0.2, 0.25) is 5.02 Å². The zero-order valence-corrected chi connectivity index (χ0v) is 19.6. The number of likely N-dealkylation sites (N-methyl/N-ethyl adjacent to an activating group) is 1. The maximum absolute atomic E-state index is 13.0. The van der Waals surface area contributed by atoms with Crippen molar-refractivity contribution < 1.29 is 32.6 Å². The summed E-state index contributed by atoms with van der Waals surface area (Å²) < 4.78 is 44.3. The number of hydrogen-bond acceptors (Lipinski definition) is 3. The van der Waals surface area contributed by atoms with Crippen molar-refractivity contribution in [3.05, 3.63) is 70.2 Å². The van der Waals surface area contributed by atoms with Gasteiger partial charge in [0.1, 0.15) is 12.1 Å². The Labute approximate surface area is 196 Å². The third-order valence-corrected chi connectivity index (χ3v) is 6.07. The number of rotatable bonds is 7. The van der Waals surface area contributed by atoms with Crippen molar-refractivity contribution in [3.8, 4) is 0 Å². The molecule has 0 aliphatic rings. The highest BCUT2D eigenvalue weighted by Gasteiger charge is 2.54. The SMILES string of the molecule is CN(C(=O)OCc1ccccc1)C(CCc1ccc(C(F)(F)F)c(Cl)c1)(C(=O)O)C(C)(C)C. The van der Waals surface area contributed by atoms with E-state index in [0.717, 1.165) is 16.5 Å². The highest BCUT2D eigenvalue weighted by Crippen LogP contribution is 2.41. The fraction of sp³-hybridized carbons (Fsp3) is 0.417. The lowest BCUT2D eigenvalue weighted by Crippen LogP contribution is -2.63. The summed E-state index contributed by atoms with van der Waals surface area (Å²) in [5, 5.41) is 9.76. The van der Waals surface area contributed by atoms with Gasteiger partial charge in [-0.2, -0.15) is 13.2 Å². The molecular formula is C24H27ClF3NO4. The van der Waals surface area contributed by atoms with E-state index in [1.165, 1.54) is 19.2 Å². The van der Waals surface area contributed by atoms with Crippen molar-refractivity contribution in [2.75, 3.05) is 7.05 Å². The topological polar surface area (TPSA) is 66.8 Å². The lowest BCUT2D eigenvalue weighted by atomic mass is 9.69. The van der Waals surface area contributed by atoms with Gasteiger partial charge in [0.05, 0.1) is 10.6 Å². The molecule has 1 N–H and O–H groups in total. The van der Waals surface area contributed by atoms with E-state index >= 15 is 0 Å². The molecule has 0 aromatic heterocycles. The number of benzene rings is 2. The monoisotopic (exact) mass is 485 g/mol. The number of alkyl halides is 3. The molecule has 0 radical (unpaired) electrons. The zero-order chi connectivity index (χ0) is 25.0. The summed E-state index contributed by atoms with van der Waals surface area (Å²) in [5.41, 5.74) is -2.43. The summed E-state index contributed by atoms with van der Waals surface area (Å²) in [4.78, 5) is 26.4. The fourth-order valence-electron chi connectivity index (χ4n) is 3.86. The van der Waals surface area contributed by atoms with Crippen LogP contribution in [-0.2, 0) is 28.7 Å². The highest BCUT2D eigenvalue weighted by molar-refractivity contribution is 6.31. The molecule has 0 fully saturated rings. The lowest BCUT2D eigenvalue weighted by Gasteiger charge is -2.46. The molecule has 2 aromatic carbocycles. The van der Waals surface area contributed by atoms with Crippen molar-refractivity contribution in [3.63, 3.8) is 0 Å². The Morgan fingerprint density at radius 3 is 2.12 bits per heavy atom. The number of ether oxygens (including phenoxy) is 1. The van der Waals surface area contributed by atoms with E-state index in [1.807, 2.05) is 6.07 Å². The van der Waals surface area contributed by atoms with Gasteiger partial charge in [-0.3, -0.25) is 4.90 Å². The van der Waals surface area contributed by atoms with Crippen LogP contribution in [0.4, 0.5) is 18.0 Å². The summed E-state index contributed by atoms with van der Waals surface area (Å²) >= 11 is 5.81. The van der Waals surface area contributed by atoms with Crippen LogP contribution >= 0.6 is 11.6 Å². The predicted molar refractivity (Wildman–Crippen MR) is 119 cm³/mol. The maximum Gasteiger partial charge on any atom is 0.417 e. The number of aryl methyl sites for hydroxylation is 1. The molecule has 0 spiro atoms. The molecular weight excluding hydrogens is 459 g/mol. The first-order valence-electron chi connectivity index (χ1n) is 10.2. The third kappa shape index (κ3) is 5.99. The van der Waals surface area contributed by atoms with Gasteiger partial charge in [-0.05, 0) is 41.5 Å². The summed E-state index contributed by atoms with van der Waals surface area (Å²) in [6, 6.07) is 12.3. The second kappa shape index (κ2) is 10.0. The van der Waals surface area contributed by atoms with Crippen LogP contribution in [0.5, 0.6) is 0 Å². The van der Waals surface area contributed by atoms with Gasteiger partial charge >= 0.3 is 18.2 Å². The first kappa shape index (κ1) is 26.5. The molecule has 0 aliphatic heterocycles. The lowest BCUT2D eigenvalue weighted by molar-refractivity contribution is -0.158. The minimum Gasteiger partial charge on any atom is -0.479 e. The van der Waals surface area contributed by atoms with Crippen LogP contribution in [0, 0.1) is 5.41 Å². The van der Waals surface area contributed by atoms with Gasteiger partial charge in [0.25, 0.3) is 0 Å². The van der Waals surface area contributed by atoms with Crippen LogP contribution in [0.15, 0.2) is 48.5 Å². The fourth-order valence-corrected chi connectivity index (χ4v) is 4.17. The van der Waals surface area contributed by atoms with E-state index in [2.05, 4.69) is 0 Å². The van der Waals surface area contributed by atoms with Gasteiger partial charge in [-0.25, -0.2) is 9.59 Å². The molecule has 1 amide bonds. The molecule has 0 bridgehead atoms. The van der Waals surface area contributed by atoms with E-state index in [0.29, 0.717) is 5.56 Å². The molecule has 0 saturated heterocycles. The van der Waals surface area contributed by atoms with E-state index < -0.39 is 39.8 Å². The van der Waals surface area contributed by atoms with Gasteiger partial charge in [0.15, 0.2) is 0 Å². The number of halogens is 4. The average Bonchev–Trinajstić information content (AvgIpc) is 2.70. The van der Waals surface area contributed by atoms with Gasteiger partial charge in [-0.15, -0.1) is 0 Å². The average molecular weight is 486 g/mol. The number of carboxylic acid groups (broad SMARTS) is 1. The Hall–Kier alpha value is -2.74. The predicted octanol–water partition coefficient (Wildman–Crippen LogP) is 6.43.